The Morgan fingerprint density at radius 3 is 2.72 bits per heavy atom. The van der Waals surface area contributed by atoms with E-state index in [1.165, 1.54) is 6.92 Å². The molecule has 0 spiro atoms. The van der Waals surface area contributed by atoms with Crippen molar-refractivity contribution in [1.82, 2.24) is 5.32 Å². The fourth-order valence-electron chi connectivity index (χ4n) is 1.44. The van der Waals surface area contributed by atoms with Gasteiger partial charge in [0, 0.05) is 12.2 Å². The number of anilines is 1. The number of ether oxygens (including phenoxy) is 1. The van der Waals surface area contributed by atoms with Gasteiger partial charge in [0.25, 0.3) is 5.91 Å². The van der Waals surface area contributed by atoms with Crippen LogP contribution in [0.3, 0.4) is 0 Å². The highest BCUT2D eigenvalue weighted by atomic mass is 16.5. The molecule has 1 unspecified atom stereocenters. The van der Waals surface area contributed by atoms with Crippen molar-refractivity contribution >= 4 is 17.6 Å². The molecule has 3 N–H and O–H groups in total. The van der Waals surface area contributed by atoms with Gasteiger partial charge in [-0.05, 0) is 32.9 Å². The number of amides is 1. The van der Waals surface area contributed by atoms with Gasteiger partial charge in [-0.1, -0.05) is 11.6 Å². The van der Waals surface area contributed by atoms with Crippen molar-refractivity contribution in [3.63, 3.8) is 0 Å². The van der Waals surface area contributed by atoms with Crippen molar-refractivity contribution in [3.05, 3.63) is 29.3 Å². The first-order valence-electron chi connectivity index (χ1n) is 5.80. The Morgan fingerprint density at radius 1 is 1.44 bits per heavy atom. The van der Waals surface area contributed by atoms with Crippen molar-refractivity contribution in [1.29, 1.82) is 0 Å². The number of hydrogen-bond acceptors (Lipinski definition) is 4. The molecule has 0 saturated heterocycles. The second-order valence-corrected chi connectivity index (χ2v) is 4.03. The molecule has 0 aliphatic rings. The molecule has 1 aromatic rings. The van der Waals surface area contributed by atoms with Crippen molar-refractivity contribution < 1.29 is 14.3 Å². The van der Waals surface area contributed by atoms with Gasteiger partial charge in [-0.3, -0.25) is 4.79 Å². The van der Waals surface area contributed by atoms with E-state index in [1.807, 2.05) is 6.92 Å². The average Bonchev–Trinajstić information content (AvgIpc) is 2.32. The van der Waals surface area contributed by atoms with E-state index in [2.05, 4.69) is 5.32 Å². The molecule has 1 rings (SSSR count). The molecule has 1 amide bonds. The van der Waals surface area contributed by atoms with E-state index in [1.54, 1.807) is 25.1 Å². The van der Waals surface area contributed by atoms with Crippen molar-refractivity contribution in [2.45, 2.75) is 26.9 Å². The molecule has 0 fully saturated rings. The third-order valence-corrected chi connectivity index (χ3v) is 2.43. The summed E-state index contributed by atoms with van der Waals surface area (Å²) in [7, 11) is 0. The van der Waals surface area contributed by atoms with Crippen LogP contribution in [-0.2, 0) is 9.53 Å². The first-order valence-corrected chi connectivity index (χ1v) is 5.80. The largest absolute Gasteiger partial charge is 0.449 e. The standard InChI is InChI=1S/C13H18N2O3/c1-4-15-12(16)9(3)18-13(17)10-7-8(2)5-6-11(10)14/h5-7,9H,4,14H2,1-3H3,(H,15,16). The second-order valence-electron chi connectivity index (χ2n) is 4.03. The van der Waals surface area contributed by atoms with E-state index in [4.69, 9.17) is 10.5 Å². The summed E-state index contributed by atoms with van der Waals surface area (Å²) in [4.78, 5) is 23.3. The lowest BCUT2D eigenvalue weighted by Gasteiger charge is -2.13. The summed E-state index contributed by atoms with van der Waals surface area (Å²) in [5, 5.41) is 2.58. The summed E-state index contributed by atoms with van der Waals surface area (Å²) < 4.78 is 5.06. The first kappa shape index (κ1) is 14.0. The molecule has 98 valence electrons. The molecule has 0 saturated carbocycles. The molecular weight excluding hydrogens is 232 g/mol. The monoisotopic (exact) mass is 250 g/mol. The minimum absolute atomic E-state index is 0.283. The fraction of sp³-hybridized carbons (Fsp3) is 0.385. The first-order chi connectivity index (χ1) is 8.45. The Labute approximate surface area is 106 Å². The second kappa shape index (κ2) is 6.05. The summed E-state index contributed by atoms with van der Waals surface area (Å²) in [6.45, 7) is 5.66. The average molecular weight is 250 g/mol. The van der Waals surface area contributed by atoms with Crippen LogP contribution in [0.1, 0.15) is 29.8 Å². The van der Waals surface area contributed by atoms with Crippen LogP contribution in [0.2, 0.25) is 0 Å². The van der Waals surface area contributed by atoms with Gasteiger partial charge in [0.1, 0.15) is 0 Å². The van der Waals surface area contributed by atoms with Gasteiger partial charge in [0.15, 0.2) is 6.10 Å². The van der Waals surface area contributed by atoms with Crippen molar-refractivity contribution in [2.24, 2.45) is 0 Å². The lowest BCUT2D eigenvalue weighted by molar-refractivity contribution is -0.128. The summed E-state index contributed by atoms with van der Waals surface area (Å²) in [6, 6.07) is 5.09. The molecular formula is C13H18N2O3. The third-order valence-electron chi connectivity index (χ3n) is 2.43. The topological polar surface area (TPSA) is 81.4 Å². The highest BCUT2D eigenvalue weighted by Crippen LogP contribution is 2.15. The molecule has 18 heavy (non-hydrogen) atoms. The number of nitrogens with two attached hydrogens (primary N) is 1. The molecule has 0 radical (unpaired) electrons. The number of carbonyl (C=O) groups is 2. The normalized spacial score (nSPS) is 11.7. The molecule has 0 heterocycles. The summed E-state index contributed by atoms with van der Waals surface area (Å²) in [6.07, 6.45) is -0.836. The van der Waals surface area contributed by atoms with Crippen molar-refractivity contribution in [2.75, 3.05) is 12.3 Å². The molecule has 0 aromatic heterocycles. The number of aryl methyl sites for hydroxylation is 1. The van der Waals surface area contributed by atoms with E-state index >= 15 is 0 Å². The number of rotatable bonds is 4. The van der Waals surface area contributed by atoms with Gasteiger partial charge in [-0.15, -0.1) is 0 Å². The minimum atomic E-state index is -0.836. The predicted octanol–water partition coefficient (Wildman–Crippen LogP) is 1.26. The maximum absolute atomic E-state index is 11.9. The maximum Gasteiger partial charge on any atom is 0.341 e. The molecule has 1 aromatic carbocycles. The SMILES string of the molecule is CCNC(=O)C(C)OC(=O)c1cc(C)ccc1N. The Balaban J connectivity index is 2.76. The number of benzene rings is 1. The van der Waals surface area contributed by atoms with Crippen LogP contribution in [-0.4, -0.2) is 24.5 Å². The number of likely N-dealkylation sites (N-methyl/N-ethyl adjacent to an activating group) is 1. The van der Waals surface area contributed by atoms with E-state index in [9.17, 15) is 9.59 Å². The Kier molecular flexibility index (Phi) is 4.71. The predicted molar refractivity (Wildman–Crippen MR) is 69.2 cm³/mol. The Morgan fingerprint density at radius 2 is 2.11 bits per heavy atom. The van der Waals surface area contributed by atoms with Crippen LogP contribution < -0.4 is 11.1 Å². The molecule has 0 aliphatic carbocycles. The summed E-state index contributed by atoms with van der Waals surface area (Å²) in [5.41, 5.74) is 7.23. The van der Waals surface area contributed by atoms with Crippen LogP contribution >= 0.6 is 0 Å². The number of esters is 1. The molecule has 0 aliphatic heterocycles. The molecule has 5 heteroatoms. The lowest BCUT2D eigenvalue weighted by atomic mass is 10.1. The molecule has 5 nitrogen and oxygen atoms in total. The van der Waals surface area contributed by atoms with E-state index < -0.39 is 12.1 Å². The third kappa shape index (κ3) is 3.48. The van der Waals surface area contributed by atoms with Gasteiger partial charge < -0.3 is 15.8 Å². The van der Waals surface area contributed by atoms with Crippen LogP contribution in [0.5, 0.6) is 0 Å². The Bertz CT molecular complexity index is 458. The van der Waals surface area contributed by atoms with E-state index in [-0.39, 0.29) is 11.5 Å². The van der Waals surface area contributed by atoms with Crippen LogP contribution in [0, 0.1) is 6.92 Å². The van der Waals surface area contributed by atoms with E-state index in [0.717, 1.165) is 5.56 Å². The zero-order valence-electron chi connectivity index (χ0n) is 10.8. The number of hydrogen-bond donors (Lipinski definition) is 2. The number of carbonyl (C=O) groups excluding carboxylic acids is 2. The maximum atomic E-state index is 11.9. The van der Waals surface area contributed by atoms with Gasteiger partial charge in [0.05, 0.1) is 5.56 Å². The van der Waals surface area contributed by atoms with Gasteiger partial charge >= 0.3 is 5.97 Å². The zero-order valence-corrected chi connectivity index (χ0v) is 10.8. The quantitative estimate of drug-likeness (QED) is 0.622. The highest BCUT2D eigenvalue weighted by Gasteiger charge is 2.19. The lowest BCUT2D eigenvalue weighted by Crippen LogP contribution is -2.35. The van der Waals surface area contributed by atoms with Crippen LogP contribution in [0.4, 0.5) is 5.69 Å². The number of nitrogen functional groups attached to an aromatic ring is 1. The summed E-state index contributed by atoms with van der Waals surface area (Å²) >= 11 is 0. The number of nitrogens with one attached hydrogen (secondary N) is 1. The van der Waals surface area contributed by atoms with E-state index in [0.29, 0.717) is 12.2 Å². The molecule has 1 atom stereocenters. The highest BCUT2D eigenvalue weighted by molar-refractivity contribution is 5.96. The van der Waals surface area contributed by atoms with Crippen LogP contribution in [0.25, 0.3) is 0 Å². The molecule has 0 bridgehead atoms. The van der Waals surface area contributed by atoms with Gasteiger partial charge in [0.2, 0.25) is 0 Å². The van der Waals surface area contributed by atoms with Crippen LogP contribution in [0.15, 0.2) is 18.2 Å². The van der Waals surface area contributed by atoms with Gasteiger partial charge in [-0.25, -0.2) is 4.79 Å². The smallest absolute Gasteiger partial charge is 0.341 e. The summed E-state index contributed by atoms with van der Waals surface area (Å²) in [5.74, 6) is -0.910. The fourth-order valence-corrected chi connectivity index (χ4v) is 1.44. The van der Waals surface area contributed by atoms with Gasteiger partial charge in [-0.2, -0.15) is 0 Å². The van der Waals surface area contributed by atoms with Crippen molar-refractivity contribution in [3.8, 4) is 0 Å². The zero-order chi connectivity index (χ0) is 13.7. The minimum Gasteiger partial charge on any atom is -0.449 e. The Hall–Kier alpha value is -2.04.